The summed E-state index contributed by atoms with van der Waals surface area (Å²) >= 11 is 0. The van der Waals surface area contributed by atoms with Crippen LogP contribution in [0.3, 0.4) is 0 Å². The average molecular weight is 287 g/mol. The number of phenolic OH excluding ortho intramolecular Hbond substituents is 1. The van der Waals surface area contributed by atoms with Crippen LogP contribution in [-0.2, 0) is 5.41 Å². The van der Waals surface area contributed by atoms with Crippen molar-refractivity contribution in [1.82, 2.24) is 0 Å². The summed E-state index contributed by atoms with van der Waals surface area (Å²) < 4.78 is 0. The van der Waals surface area contributed by atoms with Crippen LogP contribution in [0.1, 0.15) is 31.2 Å². The SMILES string of the molecule is [NH-]C1=Nc2cc(O)ccc2C12CCCC2.[Rb+]. The fourth-order valence-electron chi connectivity index (χ4n) is 2.86. The Morgan fingerprint density at radius 2 is 1.94 bits per heavy atom. The topological polar surface area (TPSA) is 56.4 Å². The molecule has 1 heterocycles. The number of hydrogen-bond donors (Lipinski definition) is 1. The first-order valence-electron chi connectivity index (χ1n) is 5.37. The predicted molar refractivity (Wildman–Crippen MR) is 59.7 cm³/mol. The molecule has 16 heavy (non-hydrogen) atoms. The molecular formula is C12H13N2ORb. The Morgan fingerprint density at radius 1 is 1.25 bits per heavy atom. The maximum absolute atomic E-state index is 9.38. The van der Waals surface area contributed by atoms with Gasteiger partial charge in [0.2, 0.25) is 0 Å². The van der Waals surface area contributed by atoms with E-state index < -0.39 is 0 Å². The molecule has 3 nitrogen and oxygen atoms in total. The van der Waals surface area contributed by atoms with Gasteiger partial charge in [-0.3, -0.25) is 0 Å². The van der Waals surface area contributed by atoms with Gasteiger partial charge < -0.3 is 15.8 Å². The summed E-state index contributed by atoms with van der Waals surface area (Å²) in [7, 11) is 0. The molecule has 0 saturated heterocycles. The second kappa shape index (κ2) is 4.52. The van der Waals surface area contributed by atoms with Gasteiger partial charge in [-0.05, 0) is 36.2 Å². The van der Waals surface area contributed by atoms with Crippen molar-refractivity contribution in [3.63, 3.8) is 0 Å². The van der Waals surface area contributed by atoms with E-state index in [1.807, 2.05) is 6.07 Å². The average Bonchev–Trinajstić information content (AvgIpc) is 2.76. The molecule has 1 spiro atoms. The van der Waals surface area contributed by atoms with Crippen molar-refractivity contribution in [3.05, 3.63) is 29.5 Å². The van der Waals surface area contributed by atoms with Crippen LogP contribution in [0.2, 0.25) is 0 Å². The minimum atomic E-state index is -0.122. The van der Waals surface area contributed by atoms with E-state index in [0.29, 0.717) is 5.84 Å². The summed E-state index contributed by atoms with van der Waals surface area (Å²) in [5.41, 5.74) is 9.81. The first kappa shape index (κ1) is 12.7. The zero-order valence-electron chi connectivity index (χ0n) is 9.45. The molecule has 78 valence electrons. The molecule has 0 aromatic heterocycles. The Kier molecular flexibility index (Phi) is 3.60. The van der Waals surface area contributed by atoms with Gasteiger partial charge in [-0.15, -0.1) is 0 Å². The van der Waals surface area contributed by atoms with Crippen LogP contribution in [0.25, 0.3) is 5.73 Å². The minimum absolute atomic E-state index is 0. The number of hydrogen-bond acceptors (Lipinski definition) is 2. The van der Waals surface area contributed by atoms with E-state index in [0.717, 1.165) is 24.1 Å². The zero-order valence-corrected chi connectivity index (χ0v) is 14.4. The van der Waals surface area contributed by atoms with Gasteiger partial charge in [0.15, 0.2) is 0 Å². The second-order valence-electron chi connectivity index (χ2n) is 4.45. The van der Waals surface area contributed by atoms with E-state index >= 15 is 0 Å². The molecule has 2 N–H and O–H groups in total. The first-order chi connectivity index (χ1) is 7.22. The smallest absolute Gasteiger partial charge is 0.508 e. The van der Waals surface area contributed by atoms with Crippen molar-refractivity contribution in [2.45, 2.75) is 31.1 Å². The molecule has 1 aromatic carbocycles. The van der Waals surface area contributed by atoms with Crippen molar-refractivity contribution in [3.8, 4) is 5.75 Å². The van der Waals surface area contributed by atoms with Gasteiger partial charge in [-0.25, -0.2) is 0 Å². The van der Waals surface area contributed by atoms with Crippen LogP contribution < -0.4 is 58.2 Å². The number of rotatable bonds is 0. The van der Waals surface area contributed by atoms with Gasteiger partial charge in [-0.2, -0.15) is 0 Å². The summed E-state index contributed by atoms with van der Waals surface area (Å²) in [6.45, 7) is 0. The maximum Gasteiger partial charge on any atom is 1.00 e. The van der Waals surface area contributed by atoms with E-state index in [4.69, 9.17) is 5.73 Å². The maximum atomic E-state index is 9.38. The number of aliphatic imine (C=N–C) groups is 1. The molecule has 1 aliphatic heterocycles. The third kappa shape index (κ3) is 1.72. The zero-order chi connectivity index (χ0) is 10.5. The quantitative estimate of drug-likeness (QED) is 0.733. The van der Waals surface area contributed by atoms with Crippen molar-refractivity contribution in [1.29, 1.82) is 0 Å². The monoisotopic (exact) mass is 286 g/mol. The number of amidine groups is 1. The summed E-state index contributed by atoms with van der Waals surface area (Å²) in [5.74, 6) is 0.723. The Hall–Kier alpha value is 0.295. The molecule has 0 amide bonds. The standard InChI is InChI=1S/C12H13N2O.Rb/c13-11-12(5-1-2-6-12)9-4-3-8(15)7-10(9)14-11;/h3-4,7H,1-2,5-6H2,(H2-,13,14,15);/q-1;+1. The first-order valence-corrected chi connectivity index (χ1v) is 5.37. The molecule has 2 aliphatic rings. The molecule has 3 rings (SSSR count). The van der Waals surface area contributed by atoms with E-state index in [1.165, 1.54) is 12.8 Å². The van der Waals surface area contributed by atoms with Crippen LogP contribution >= 0.6 is 0 Å². The normalized spacial score (nSPS) is 20.4. The van der Waals surface area contributed by atoms with Gasteiger partial charge in [0.05, 0.1) is 0 Å². The van der Waals surface area contributed by atoms with E-state index in [9.17, 15) is 5.11 Å². The van der Waals surface area contributed by atoms with Crippen molar-refractivity contribution >= 4 is 11.5 Å². The number of nitrogens with one attached hydrogen (secondary N) is 1. The van der Waals surface area contributed by atoms with Gasteiger partial charge in [0.25, 0.3) is 0 Å². The summed E-state index contributed by atoms with van der Waals surface area (Å²) in [5, 5.41) is 9.38. The minimum Gasteiger partial charge on any atom is -0.508 e. The molecule has 1 fully saturated rings. The molecule has 0 unspecified atom stereocenters. The van der Waals surface area contributed by atoms with Crippen molar-refractivity contribution in [2.75, 3.05) is 0 Å². The van der Waals surface area contributed by atoms with Gasteiger partial charge in [0.1, 0.15) is 5.75 Å². The van der Waals surface area contributed by atoms with E-state index in [1.54, 1.807) is 12.1 Å². The Balaban J connectivity index is 0.000000963. The largest absolute Gasteiger partial charge is 1.00 e. The molecular weight excluding hydrogens is 274 g/mol. The third-order valence-corrected chi connectivity index (χ3v) is 3.64. The Morgan fingerprint density at radius 3 is 2.62 bits per heavy atom. The fourth-order valence-corrected chi connectivity index (χ4v) is 2.86. The second-order valence-corrected chi connectivity index (χ2v) is 4.45. The molecule has 0 bridgehead atoms. The molecule has 1 saturated carbocycles. The number of aromatic hydroxyl groups is 1. The van der Waals surface area contributed by atoms with Crippen LogP contribution in [0, 0.1) is 0 Å². The number of benzene rings is 1. The predicted octanol–water partition coefficient (Wildman–Crippen LogP) is 0.304. The summed E-state index contributed by atoms with van der Waals surface area (Å²) in [6.07, 6.45) is 4.43. The van der Waals surface area contributed by atoms with Crippen LogP contribution in [0.15, 0.2) is 23.2 Å². The number of phenols is 1. The van der Waals surface area contributed by atoms with Crippen molar-refractivity contribution < 1.29 is 63.3 Å². The Bertz CT molecular complexity index is 450. The Labute approximate surface area is 144 Å². The van der Waals surface area contributed by atoms with Crippen molar-refractivity contribution in [2.24, 2.45) is 4.99 Å². The number of fused-ring (bicyclic) bond motifs is 2. The van der Waals surface area contributed by atoms with E-state index in [2.05, 4.69) is 4.99 Å². The molecule has 0 radical (unpaired) electrons. The number of nitrogens with zero attached hydrogens (tertiary/aromatic N) is 1. The molecule has 4 heteroatoms. The molecule has 0 atom stereocenters. The van der Waals surface area contributed by atoms with Gasteiger partial charge in [0, 0.05) is 5.41 Å². The van der Waals surface area contributed by atoms with Crippen LogP contribution in [-0.4, -0.2) is 10.9 Å². The van der Waals surface area contributed by atoms with Crippen LogP contribution in [0.5, 0.6) is 5.75 Å². The van der Waals surface area contributed by atoms with Crippen LogP contribution in [0.4, 0.5) is 5.69 Å². The third-order valence-electron chi connectivity index (χ3n) is 3.64. The molecule has 1 aliphatic carbocycles. The summed E-state index contributed by atoms with van der Waals surface area (Å²) in [6, 6.07) is 5.30. The van der Waals surface area contributed by atoms with E-state index in [-0.39, 0.29) is 69.4 Å². The fraction of sp³-hybridized carbons (Fsp3) is 0.417. The molecule has 1 aromatic rings. The van der Waals surface area contributed by atoms with Gasteiger partial charge >= 0.3 is 58.2 Å². The van der Waals surface area contributed by atoms with Gasteiger partial charge in [-0.1, -0.05) is 24.7 Å². The summed E-state index contributed by atoms with van der Waals surface area (Å²) in [4.78, 5) is 4.27.